The number of carbonyl (C=O) groups is 1. The van der Waals surface area contributed by atoms with Crippen LogP contribution in [0.1, 0.15) is 41.4 Å². The normalized spacial score (nSPS) is 18.9. The molecule has 0 aromatic rings. The molecule has 0 atom stereocenters. The van der Waals surface area contributed by atoms with Gasteiger partial charge in [-0.15, -0.1) is 0 Å². The zero-order valence-corrected chi connectivity index (χ0v) is 9.09. The van der Waals surface area contributed by atoms with Crippen LogP contribution in [0.5, 0.6) is 0 Å². The van der Waals surface area contributed by atoms with Crippen molar-refractivity contribution >= 4 is 43.7 Å². The predicted molar refractivity (Wildman–Crippen MR) is 46.8 cm³/mol. The molecular weight excluding hydrogens is 168 g/mol. The minimum Gasteiger partial charge on any atom is -1.00 e. The van der Waals surface area contributed by atoms with Crippen LogP contribution in [0.15, 0.2) is 0 Å². The molecule has 0 aromatic carbocycles. The minimum atomic E-state index is -0.632. The third-order valence-electron chi connectivity index (χ3n) is 2.19. The van der Waals surface area contributed by atoms with E-state index in [4.69, 9.17) is 5.11 Å². The molecule has 0 spiro atoms. The van der Waals surface area contributed by atoms with Crippen molar-refractivity contribution in [2.75, 3.05) is 0 Å². The van der Waals surface area contributed by atoms with E-state index in [2.05, 4.69) is 0 Å². The Labute approximate surface area is 100 Å². The van der Waals surface area contributed by atoms with Gasteiger partial charge in [-0.3, -0.25) is 4.79 Å². The maximum absolute atomic E-state index is 10.3. The first-order valence-electron chi connectivity index (χ1n) is 4.01. The summed E-state index contributed by atoms with van der Waals surface area (Å²) in [6.45, 7) is 0. The molecule has 1 saturated carbocycles. The fourth-order valence-corrected chi connectivity index (χ4v) is 1.64. The molecule has 3 heteroatoms. The summed E-state index contributed by atoms with van der Waals surface area (Å²) < 4.78 is 0. The Bertz CT molecular complexity index is 127. The zero-order chi connectivity index (χ0) is 7.40. The molecule has 1 aliphatic carbocycles. The van der Waals surface area contributed by atoms with Crippen molar-refractivity contribution in [2.45, 2.75) is 38.5 Å². The summed E-state index contributed by atoms with van der Waals surface area (Å²) in [6, 6.07) is 0. The molecule has 0 radical (unpaired) electrons. The van der Waals surface area contributed by atoms with E-state index in [1.165, 1.54) is 19.3 Å². The topological polar surface area (TPSA) is 37.3 Å². The zero-order valence-electron chi connectivity index (χ0n) is 8.88. The molecular formula is C8H16CaO2. The average molecular weight is 184 g/mol. The fourth-order valence-electron chi connectivity index (χ4n) is 1.64. The van der Waals surface area contributed by atoms with E-state index < -0.39 is 5.97 Å². The van der Waals surface area contributed by atoms with Crippen LogP contribution < -0.4 is 0 Å². The first-order chi connectivity index (χ1) is 4.79. The average Bonchev–Trinajstić information content (AvgIpc) is 1.88. The molecule has 1 fully saturated rings. The van der Waals surface area contributed by atoms with Gasteiger partial charge in [0, 0.05) is 6.42 Å². The van der Waals surface area contributed by atoms with Crippen LogP contribution in [0.3, 0.4) is 0 Å². The first-order valence-corrected chi connectivity index (χ1v) is 4.01. The summed E-state index contributed by atoms with van der Waals surface area (Å²) in [5.74, 6) is -0.154. The van der Waals surface area contributed by atoms with Crippen LogP contribution in [-0.2, 0) is 4.79 Å². The van der Waals surface area contributed by atoms with Gasteiger partial charge >= 0.3 is 43.7 Å². The number of aliphatic carboxylic acids is 1. The number of carboxylic acids is 1. The number of rotatable bonds is 2. The van der Waals surface area contributed by atoms with Crippen molar-refractivity contribution in [2.24, 2.45) is 5.92 Å². The first kappa shape index (κ1) is 11.7. The Kier molecular flexibility index (Phi) is 6.68. The van der Waals surface area contributed by atoms with Gasteiger partial charge in [0.25, 0.3) is 0 Å². The standard InChI is InChI=1S/C8H14O2.Ca.2H/c9-8(10)6-7-4-2-1-3-5-7;;;/h7H,1-6H2,(H,9,10);;;/q;+2;2*-1. The molecule has 0 aliphatic heterocycles. The van der Waals surface area contributed by atoms with E-state index in [0.717, 1.165) is 12.8 Å². The molecule has 1 N–H and O–H groups in total. The molecule has 0 amide bonds. The summed E-state index contributed by atoms with van der Waals surface area (Å²) in [6.07, 6.45) is 6.42. The number of hydrogen-bond donors (Lipinski definition) is 1. The quantitative estimate of drug-likeness (QED) is 0.665. The van der Waals surface area contributed by atoms with Crippen LogP contribution in [-0.4, -0.2) is 48.8 Å². The summed E-state index contributed by atoms with van der Waals surface area (Å²) >= 11 is 0. The molecule has 0 aromatic heterocycles. The molecule has 0 heterocycles. The molecule has 62 valence electrons. The molecule has 1 aliphatic rings. The van der Waals surface area contributed by atoms with Crippen LogP contribution >= 0.6 is 0 Å². The van der Waals surface area contributed by atoms with Crippen molar-refractivity contribution in [3.8, 4) is 0 Å². The van der Waals surface area contributed by atoms with Gasteiger partial charge in [0.1, 0.15) is 0 Å². The van der Waals surface area contributed by atoms with Gasteiger partial charge < -0.3 is 7.96 Å². The van der Waals surface area contributed by atoms with Crippen LogP contribution in [0, 0.1) is 5.92 Å². The largest absolute Gasteiger partial charge is 2.00 e. The van der Waals surface area contributed by atoms with E-state index in [1.54, 1.807) is 0 Å². The molecule has 2 nitrogen and oxygen atoms in total. The monoisotopic (exact) mass is 184 g/mol. The van der Waals surface area contributed by atoms with Gasteiger partial charge in [-0.2, -0.15) is 0 Å². The van der Waals surface area contributed by atoms with Gasteiger partial charge in [-0.25, -0.2) is 0 Å². The van der Waals surface area contributed by atoms with Crippen LogP contribution in [0.25, 0.3) is 0 Å². The summed E-state index contributed by atoms with van der Waals surface area (Å²) in [4.78, 5) is 10.3. The van der Waals surface area contributed by atoms with Crippen molar-refractivity contribution in [3.05, 3.63) is 0 Å². The van der Waals surface area contributed by atoms with Gasteiger partial charge in [0.15, 0.2) is 0 Å². The smallest absolute Gasteiger partial charge is 1.00 e. The van der Waals surface area contributed by atoms with Gasteiger partial charge in [-0.1, -0.05) is 19.3 Å². The second-order valence-corrected chi connectivity index (χ2v) is 3.10. The summed E-state index contributed by atoms with van der Waals surface area (Å²) in [5, 5.41) is 8.47. The van der Waals surface area contributed by atoms with Crippen LogP contribution in [0.4, 0.5) is 0 Å². The SMILES string of the molecule is O=C(O)CC1CCCCC1.[Ca+2].[H-].[H-]. The van der Waals surface area contributed by atoms with Gasteiger partial charge in [0.05, 0.1) is 0 Å². The fraction of sp³-hybridized carbons (Fsp3) is 0.875. The van der Waals surface area contributed by atoms with Crippen molar-refractivity contribution in [1.29, 1.82) is 0 Å². The van der Waals surface area contributed by atoms with E-state index in [1.807, 2.05) is 0 Å². The Morgan fingerprint density at radius 1 is 1.36 bits per heavy atom. The minimum absolute atomic E-state index is 0. The van der Waals surface area contributed by atoms with E-state index >= 15 is 0 Å². The second-order valence-electron chi connectivity index (χ2n) is 3.10. The Morgan fingerprint density at radius 2 is 1.91 bits per heavy atom. The Hall–Kier alpha value is 0.730. The van der Waals surface area contributed by atoms with Gasteiger partial charge in [-0.05, 0) is 18.8 Å². The number of carboxylic acid groups (broad SMARTS) is 1. The van der Waals surface area contributed by atoms with Gasteiger partial charge in [0.2, 0.25) is 0 Å². The Balaban J connectivity index is -0.000000333. The van der Waals surface area contributed by atoms with Crippen molar-refractivity contribution < 1.29 is 12.8 Å². The van der Waals surface area contributed by atoms with E-state index in [0.29, 0.717) is 12.3 Å². The molecule has 0 saturated heterocycles. The maximum atomic E-state index is 10.3. The molecule has 1 rings (SSSR count). The third kappa shape index (κ3) is 5.05. The van der Waals surface area contributed by atoms with E-state index in [9.17, 15) is 4.79 Å². The molecule has 0 bridgehead atoms. The Morgan fingerprint density at radius 3 is 2.36 bits per heavy atom. The second kappa shape index (κ2) is 6.27. The molecule has 0 unspecified atom stereocenters. The van der Waals surface area contributed by atoms with Crippen LogP contribution in [0.2, 0.25) is 0 Å². The number of hydrogen-bond acceptors (Lipinski definition) is 1. The van der Waals surface area contributed by atoms with Crippen molar-refractivity contribution in [1.82, 2.24) is 0 Å². The maximum Gasteiger partial charge on any atom is 2.00 e. The van der Waals surface area contributed by atoms with Crippen molar-refractivity contribution in [3.63, 3.8) is 0 Å². The molecule has 11 heavy (non-hydrogen) atoms. The predicted octanol–water partition coefficient (Wildman–Crippen LogP) is 1.89. The summed E-state index contributed by atoms with van der Waals surface area (Å²) in [7, 11) is 0. The third-order valence-corrected chi connectivity index (χ3v) is 2.19. The van der Waals surface area contributed by atoms with E-state index in [-0.39, 0.29) is 40.6 Å². The summed E-state index contributed by atoms with van der Waals surface area (Å²) in [5.41, 5.74) is 0.